The minimum absolute atomic E-state index is 0.577. The maximum Gasteiger partial charge on any atom is 0.214 e. The van der Waals surface area contributed by atoms with Crippen molar-refractivity contribution in [2.45, 2.75) is 6.54 Å². The normalized spacial score (nSPS) is 10.4. The summed E-state index contributed by atoms with van der Waals surface area (Å²) in [7, 11) is 0. The molecule has 3 nitrogen and oxygen atoms in total. The van der Waals surface area contributed by atoms with Gasteiger partial charge in [0.05, 0.1) is 12.7 Å². The summed E-state index contributed by atoms with van der Waals surface area (Å²) >= 11 is 2.29. The van der Waals surface area contributed by atoms with Gasteiger partial charge < -0.3 is 9.73 Å². The van der Waals surface area contributed by atoms with Crippen LogP contribution in [0.15, 0.2) is 65.2 Å². The van der Waals surface area contributed by atoms with Crippen molar-refractivity contribution in [2.75, 3.05) is 5.32 Å². The Morgan fingerprint density at radius 3 is 2.50 bits per heavy atom. The lowest BCUT2D eigenvalue weighted by Crippen LogP contribution is -1.99. The number of hydrogen-bond donors (Lipinski definition) is 1. The van der Waals surface area contributed by atoms with E-state index in [9.17, 15) is 0 Å². The first-order valence-electron chi connectivity index (χ1n) is 6.31. The molecule has 1 aromatic heterocycles. The molecule has 0 unspecified atom stereocenters. The molecule has 0 bridgehead atoms. The van der Waals surface area contributed by atoms with E-state index < -0.39 is 0 Å². The zero-order valence-corrected chi connectivity index (χ0v) is 12.9. The lowest BCUT2D eigenvalue weighted by Gasteiger charge is -2.03. The molecule has 3 rings (SSSR count). The predicted octanol–water partition coefficient (Wildman–Crippen LogP) is 4.56. The molecule has 4 heteroatoms. The number of aromatic nitrogens is 1. The van der Waals surface area contributed by atoms with Crippen LogP contribution < -0.4 is 5.32 Å². The van der Waals surface area contributed by atoms with Crippen LogP contribution in [0.25, 0.3) is 11.3 Å². The molecule has 0 atom stereocenters. The van der Waals surface area contributed by atoms with E-state index in [1.54, 1.807) is 6.20 Å². The smallest absolute Gasteiger partial charge is 0.214 e. The van der Waals surface area contributed by atoms with E-state index >= 15 is 0 Å². The lowest BCUT2D eigenvalue weighted by molar-refractivity contribution is 0.516. The highest BCUT2D eigenvalue weighted by Crippen LogP contribution is 2.20. The molecule has 0 amide bonds. The Morgan fingerprint density at radius 2 is 1.75 bits per heavy atom. The Morgan fingerprint density at radius 1 is 1.00 bits per heavy atom. The Labute approximate surface area is 131 Å². The van der Waals surface area contributed by atoms with Crippen LogP contribution in [0.2, 0.25) is 0 Å². The van der Waals surface area contributed by atoms with E-state index in [1.165, 1.54) is 3.57 Å². The highest BCUT2D eigenvalue weighted by Gasteiger charge is 2.05. The zero-order valence-electron chi connectivity index (χ0n) is 10.7. The maximum atomic E-state index is 5.74. The minimum atomic E-state index is 0.577. The van der Waals surface area contributed by atoms with Crippen LogP contribution in [0.4, 0.5) is 5.69 Å². The summed E-state index contributed by atoms with van der Waals surface area (Å²) in [6.45, 7) is 0.577. The van der Waals surface area contributed by atoms with Crippen molar-refractivity contribution in [1.82, 2.24) is 4.98 Å². The molecule has 0 saturated heterocycles. The summed E-state index contributed by atoms with van der Waals surface area (Å²) in [6.07, 6.45) is 1.76. The maximum absolute atomic E-state index is 5.74. The fraction of sp³-hybridized carbons (Fsp3) is 0.0625. The number of benzene rings is 2. The molecule has 100 valence electrons. The van der Waals surface area contributed by atoms with Gasteiger partial charge in [-0.25, -0.2) is 4.98 Å². The fourth-order valence-electron chi connectivity index (χ4n) is 1.87. The molecular weight excluding hydrogens is 363 g/mol. The van der Waals surface area contributed by atoms with Crippen molar-refractivity contribution < 1.29 is 4.42 Å². The summed E-state index contributed by atoms with van der Waals surface area (Å²) in [4.78, 5) is 4.29. The Bertz CT molecular complexity index is 677. The second-order valence-corrected chi connectivity index (χ2v) is 5.59. The SMILES string of the molecule is Ic1ccc(NCc2ncc(-c3ccccc3)o2)cc1. The van der Waals surface area contributed by atoms with Crippen LogP contribution in [-0.2, 0) is 6.54 Å². The summed E-state index contributed by atoms with van der Waals surface area (Å²) in [6, 6.07) is 18.2. The predicted molar refractivity (Wildman–Crippen MR) is 88.4 cm³/mol. The van der Waals surface area contributed by atoms with Gasteiger partial charge in [0.2, 0.25) is 5.89 Å². The van der Waals surface area contributed by atoms with E-state index in [4.69, 9.17) is 4.42 Å². The average molecular weight is 376 g/mol. The third-order valence-corrected chi connectivity index (χ3v) is 3.62. The third-order valence-electron chi connectivity index (χ3n) is 2.90. The highest BCUT2D eigenvalue weighted by atomic mass is 127. The van der Waals surface area contributed by atoms with Crippen molar-refractivity contribution >= 4 is 28.3 Å². The molecule has 0 spiro atoms. The quantitative estimate of drug-likeness (QED) is 0.679. The number of halogens is 1. The molecule has 0 fully saturated rings. The van der Waals surface area contributed by atoms with Gasteiger partial charge in [-0.15, -0.1) is 0 Å². The number of anilines is 1. The second-order valence-electron chi connectivity index (χ2n) is 4.34. The van der Waals surface area contributed by atoms with Gasteiger partial charge in [0, 0.05) is 14.8 Å². The van der Waals surface area contributed by atoms with Crippen molar-refractivity contribution in [3.05, 3.63) is 70.3 Å². The van der Waals surface area contributed by atoms with E-state index in [1.807, 2.05) is 42.5 Å². The van der Waals surface area contributed by atoms with Gasteiger partial charge >= 0.3 is 0 Å². The van der Waals surface area contributed by atoms with E-state index in [2.05, 4.69) is 45.0 Å². The Balaban J connectivity index is 1.67. The van der Waals surface area contributed by atoms with Crippen LogP contribution in [0.3, 0.4) is 0 Å². The molecule has 1 heterocycles. The van der Waals surface area contributed by atoms with Gasteiger partial charge in [0.25, 0.3) is 0 Å². The molecule has 20 heavy (non-hydrogen) atoms. The molecule has 0 radical (unpaired) electrons. The first kappa shape index (κ1) is 13.2. The van der Waals surface area contributed by atoms with Crippen LogP contribution in [0.1, 0.15) is 5.89 Å². The summed E-state index contributed by atoms with van der Waals surface area (Å²) in [5, 5.41) is 3.29. The molecule has 0 saturated carbocycles. The van der Waals surface area contributed by atoms with Crippen molar-refractivity contribution in [1.29, 1.82) is 0 Å². The first-order chi connectivity index (χ1) is 9.81. The minimum Gasteiger partial charge on any atom is -0.439 e. The zero-order chi connectivity index (χ0) is 13.8. The number of nitrogens with one attached hydrogen (secondary N) is 1. The van der Waals surface area contributed by atoms with Gasteiger partial charge in [-0.1, -0.05) is 30.3 Å². The standard InChI is InChI=1S/C16H13IN2O/c17-13-6-8-14(9-7-13)18-11-16-19-10-15(20-16)12-4-2-1-3-5-12/h1-10,18H,11H2. The Hall–Kier alpha value is -1.82. The molecule has 0 aliphatic carbocycles. The molecule has 1 N–H and O–H groups in total. The summed E-state index contributed by atoms with van der Waals surface area (Å²) < 4.78 is 6.96. The number of hydrogen-bond acceptors (Lipinski definition) is 3. The number of nitrogens with zero attached hydrogens (tertiary/aromatic N) is 1. The second kappa shape index (κ2) is 6.09. The van der Waals surface area contributed by atoms with Gasteiger partial charge in [-0.05, 0) is 46.9 Å². The summed E-state index contributed by atoms with van der Waals surface area (Å²) in [5.41, 5.74) is 2.10. The molecule has 0 aliphatic rings. The van der Waals surface area contributed by atoms with Gasteiger partial charge in [-0.3, -0.25) is 0 Å². The van der Waals surface area contributed by atoms with Crippen molar-refractivity contribution in [2.24, 2.45) is 0 Å². The van der Waals surface area contributed by atoms with Crippen LogP contribution in [-0.4, -0.2) is 4.98 Å². The van der Waals surface area contributed by atoms with E-state index in [-0.39, 0.29) is 0 Å². The topological polar surface area (TPSA) is 38.1 Å². The molecule has 2 aromatic carbocycles. The Kier molecular flexibility index (Phi) is 4.01. The summed E-state index contributed by atoms with van der Waals surface area (Å²) in [5.74, 6) is 1.48. The average Bonchev–Trinajstić information content (AvgIpc) is 2.97. The lowest BCUT2D eigenvalue weighted by atomic mass is 10.2. The van der Waals surface area contributed by atoms with Crippen LogP contribution in [0.5, 0.6) is 0 Å². The van der Waals surface area contributed by atoms with Gasteiger partial charge in [0.1, 0.15) is 0 Å². The molecular formula is C16H13IN2O. The van der Waals surface area contributed by atoms with E-state index in [0.29, 0.717) is 12.4 Å². The van der Waals surface area contributed by atoms with E-state index in [0.717, 1.165) is 17.0 Å². The molecule has 0 aliphatic heterocycles. The van der Waals surface area contributed by atoms with Gasteiger partial charge in [0.15, 0.2) is 5.76 Å². The number of rotatable bonds is 4. The fourth-order valence-corrected chi connectivity index (χ4v) is 2.23. The largest absolute Gasteiger partial charge is 0.439 e. The van der Waals surface area contributed by atoms with Crippen LogP contribution >= 0.6 is 22.6 Å². The highest BCUT2D eigenvalue weighted by molar-refractivity contribution is 14.1. The van der Waals surface area contributed by atoms with Gasteiger partial charge in [-0.2, -0.15) is 0 Å². The first-order valence-corrected chi connectivity index (χ1v) is 7.39. The monoisotopic (exact) mass is 376 g/mol. The number of oxazole rings is 1. The van der Waals surface area contributed by atoms with Crippen molar-refractivity contribution in [3.8, 4) is 11.3 Å². The van der Waals surface area contributed by atoms with Crippen molar-refractivity contribution in [3.63, 3.8) is 0 Å². The third kappa shape index (κ3) is 3.19. The van der Waals surface area contributed by atoms with Crippen LogP contribution in [0, 0.1) is 3.57 Å². The molecule has 3 aromatic rings.